The molecule has 0 nitrogen and oxygen atoms in total. The first-order valence-corrected chi connectivity index (χ1v) is 5.10. The van der Waals surface area contributed by atoms with Gasteiger partial charge in [-0.3, -0.25) is 0 Å². The number of unbranched alkanes of at least 4 members (excludes halogenated alkanes) is 1. The molecule has 0 N–H and O–H groups in total. The fraction of sp³-hybridized carbons (Fsp3) is 0.385. The van der Waals surface area contributed by atoms with E-state index in [0.717, 1.165) is 0 Å². The van der Waals surface area contributed by atoms with E-state index in [-0.39, 0.29) is 0 Å². The van der Waals surface area contributed by atoms with Crippen LogP contribution in [0.5, 0.6) is 0 Å². The molecule has 0 saturated carbocycles. The largest absolute Gasteiger partial charge is 0.0654 e. The van der Waals surface area contributed by atoms with Crippen LogP contribution in [0.25, 0.3) is 6.08 Å². The molecular weight excluding hydrogens is 156 g/mol. The molecule has 0 saturated heterocycles. The second-order valence-electron chi connectivity index (χ2n) is 3.63. The highest BCUT2D eigenvalue weighted by molar-refractivity contribution is 5.59. The molecule has 1 aromatic rings. The molecule has 0 heteroatoms. The first-order chi connectivity index (χ1) is 6.42. The first kappa shape index (κ1) is 8.55. The SMILES string of the molecule is CCCCC1[C]=Cc2ccccc21. The fourth-order valence-corrected chi connectivity index (χ4v) is 1.89. The molecule has 0 fully saturated rings. The summed E-state index contributed by atoms with van der Waals surface area (Å²) in [6.45, 7) is 2.24. The highest BCUT2D eigenvalue weighted by Crippen LogP contribution is 2.32. The summed E-state index contributed by atoms with van der Waals surface area (Å²) >= 11 is 0. The second-order valence-corrected chi connectivity index (χ2v) is 3.63. The van der Waals surface area contributed by atoms with E-state index >= 15 is 0 Å². The Morgan fingerprint density at radius 3 is 3.00 bits per heavy atom. The summed E-state index contributed by atoms with van der Waals surface area (Å²) < 4.78 is 0. The number of hydrogen-bond donors (Lipinski definition) is 0. The van der Waals surface area contributed by atoms with Gasteiger partial charge in [0.1, 0.15) is 0 Å². The molecule has 0 amide bonds. The molecule has 1 unspecified atom stereocenters. The van der Waals surface area contributed by atoms with Crippen LogP contribution in [0.3, 0.4) is 0 Å². The number of rotatable bonds is 3. The van der Waals surface area contributed by atoms with E-state index in [1.165, 1.54) is 30.4 Å². The third-order valence-electron chi connectivity index (χ3n) is 2.66. The standard InChI is InChI=1S/C13H15/c1-2-3-6-11-9-10-12-7-4-5-8-13(11)12/h4-5,7-8,10-11H,2-3,6H2,1H3. The Bertz CT molecular complexity index is 310. The molecule has 1 atom stereocenters. The Morgan fingerprint density at radius 2 is 2.15 bits per heavy atom. The minimum Gasteiger partial charge on any atom is -0.0654 e. The van der Waals surface area contributed by atoms with E-state index in [4.69, 9.17) is 0 Å². The molecule has 1 aromatic carbocycles. The summed E-state index contributed by atoms with van der Waals surface area (Å²) in [5.41, 5.74) is 2.83. The van der Waals surface area contributed by atoms with Gasteiger partial charge in [0.05, 0.1) is 0 Å². The zero-order valence-electron chi connectivity index (χ0n) is 8.09. The lowest BCUT2D eigenvalue weighted by atomic mass is 9.96. The van der Waals surface area contributed by atoms with Crippen molar-refractivity contribution in [3.8, 4) is 0 Å². The van der Waals surface area contributed by atoms with Crippen molar-refractivity contribution in [3.05, 3.63) is 41.5 Å². The zero-order valence-corrected chi connectivity index (χ0v) is 8.09. The summed E-state index contributed by atoms with van der Waals surface area (Å²) in [6.07, 6.45) is 9.40. The molecule has 1 aliphatic carbocycles. The quantitative estimate of drug-likeness (QED) is 0.649. The summed E-state index contributed by atoms with van der Waals surface area (Å²) in [4.78, 5) is 0. The zero-order chi connectivity index (χ0) is 9.10. The van der Waals surface area contributed by atoms with E-state index in [0.29, 0.717) is 5.92 Å². The highest BCUT2D eigenvalue weighted by atomic mass is 14.2. The summed E-state index contributed by atoms with van der Waals surface area (Å²) in [5.74, 6) is 0.566. The van der Waals surface area contributed by atoms with Gasteiger partial charge in [-0.2, -0.15) is 0 Å². The van der Waals surface area contributed by atoms with Gasteiger partial charge in [0.25, 0.3) is 0 Å². The van der Waals surface area contributed by atoms with Crippen molar-refractivity contribution in [2.75, 3.05) is 0 Å². The molecule has 2 rings (SSSR count). The average molecular weight is 171 g/mol. The molecule has 1 radical (unpaired) electrons. The molecule has 0 heterocycles. The maximum absolute atomic E-state index is 3.43. The van der Waals surface area contributed by atoms with Gasteiger partial charge in [0.15, 0.2) is 0 Å². The molecular formula is C13H15. The number of fused-ring (bicyclic) bond motifs is 1. The first-order valence-electron chi connectivity index (χ1n) is 5.10. The Balaban J connectivity index is 2.14. The lowest BCUT2D eigenvalue weighted by molar-refractivity contribution is 0.661. The van der Waals surface area contributed by atoms with Crippen LogP contribution in [0.2, 0.25) is 0 Å². The van der Waals surface area contributed by atoms with Crippen molar-refractivity contribution >= 4 is 6.08 Å². The summed E-state index contributed by atoms with van der Waals surface area (Å²) in [6, 6.07) is 8.62. The Hall–Kier alpha value is -1.04. The van der Waals surface area contributed by atoms with E-state index in [9.17, 15) is 0 Å². The number of benzene rings is 1. The molecule has 1 aliphatic rings. The van der Waals surface area contributed by atoms with Crippen molar-refractivity contribution in [1.29, 1.82) is 0 Å². The molecule has 67 valence electrons. The smallest absolute Gasteiger partial charge is 0.00984 e. The lowest BCUT2D eigenvalue weighted by Gasteiger charge is -2.08. The van der Waals surface area contributed by atoms with Crippen molar-refractivity contribution < 1.29 is 0 Å². The monoisotopic (exact) mass is 171 g/mol. The number of allylic oxidation sites excluding steroid dienone is 1. The van der Waals surface area contributed by atoms with Gasteiger partial charge in [-0.1, -0.05) is 50.1 Å². The van der Waals surface area contributed by atoms with Gasteiger partial charge in [-0.05, 0) is 23.6 Å². The summed E-state index contributed by atoms with van der Waals surface area (Å²) in [7, 11) is 0. The van der Waals surface area contributed by atoms with Crippen LogP contribution >= 0.6 is 0 Å². The normalized spacial score (nSPS) is 19.0. The maximum atomic E-state index is 3.43. The number of hydrogen-bond acceptors (Lipinski definition) is 0. The van der Waals surface area contributed by atoms with E-state index in [1.54, 1.807) is 0 Å². The minimum atomic E-state index is 0.566. The molecule has 0 bridgehead atoms. The van der Waals surface area contributed by atoms with Gasteiger partial charge >= 0.3 is 0 Å². The van der Waals surface area contributed by atoms with Crippen LogP contribution in [0.4, 0.5) is 0 Å². The van der Waals surface area contributed by atoms with Gasteiger partial charge in [0.2, 0.25) is 0 Å². The van der Waals surface area contributed by atoms with Gasteiger partial charge < -0.3 is 0 Å². The molecule has 13 heavy (non-hydrogen) atoms. The maximum Gasteiger partial charge on any atom is 0.00984 e. The van der Waals surface area contributed by atoms with Crippen molar-refractivity contribution in [1.82, 2.24) is 0 Å². The van der Waals surface area contributed by atoms with Crippen LogP contribution < -0.4 is 0 Å². The van der Waals surface area contributed by atoms with Gasteiger partial charge in [-0.15, -0.1) is 0 Å². The van der Waals surface area contributed by atoms with Crippen LogP contribution in [-0.2, 0) is 0 Å². The summed E-state index contributed by atoms with van der Waals surface area (Å²) in [5, 5.41) is 0. The lowest BCUT2D eigenvalue weighted by Crippen LogP contribution is -1.92. The Morgan fingerprint density at radius 1 is 1.31 bits per heavy atom. The van der Waals surface area contributed by atoms with Gasteiger partial charge in [-0.25, -0.2) is 0 Å². The second kappa shape index (κ2) is 3.78. The van der Waals surface area contributed by atoms with Crippen LogP contribution in [0.15, 0.2) is 24.3 Å². The minimum absolute atomic E-state index is 0.566. The highest BCUT2D eigenvalue weighted by Gasteiger charge is 2.15. The average Bonchev–Trinajstić information content (AvgIpc) is 2.58. The van der Waals surface area contributed by atoms with E-state index in [1.807, 2.05) is 0 Å². The van der Waals surface area contributed by atoms with Crippen molar-refractivity contribution in [3.63, 3.8) is 0 Å². The molecule has 0 aromatic heterocycles. The predicted octanol–water partition coefficient (Wildman–Crippen LogP) is 3.79. The van der Waals surface area contributed by atoms with Crippen LogP contribution in [0.1, 0.15) is 43.2 Å². The van der Waals surface area contributed by atoms with Gasteiger partial charge in [0, 0.05) is 5.92 Å². The predicted molar refractivity (Wildman–Crippen MR) is 56.4 cm³/mol. The van der Waals surface area contributed by atoms with Crippen molar-refractivity contribution in [2.45, 2.75) is 32.1 Å². The van der Waals surface area contributed by atoms with Crippen LogP contribution in [0, 0.1) is 6.08 Å². The van der Waals surface area contributed by atoms with E-state index in [2.05, 4.69) is 43.3 Å². The Labute approximate surface area is 80.3 Å². The van der Waals surface area contributed by atoms with Crippen molar-refractivity contribution in [2.24, 2.45) is 0 Å². The third-order valence-corrected chi connectivity index (χ3v) is 2.66. The van der Waals surface area contributed by atoms with E-state index < -0.39 is 0 Å². The molecule has 0 aliphatic heterocycles. The molecule has 0 spiro atoms. The topological polar surface area (TPSA) is 0 Å². The Kier molecular flexibility index (Phi) is 2.49. The third kappa shape index (κ3) is 1.67. The van der Waals surface area contributed by atoms with Crippen LogP contribution in [-0.4, -0.2) is 0 Å². The fourth-order valence-electron chi connectivity index (χ4n) is 1.89.